The van der Waals surface area contributed by atoms with Crippen molar-refractivity contribution in [3.8, 4) is 6.07 Å². The summed E-state index contributed by atoms with van der Waals surface area (Å²) in [4.78, 5) is 11.3. The molecule has 0 saturated carbocycles. The molecule has 0 aromatic carbocycles. The van der Waals surface area contributed by atoms with Crippen LogP contribution in [0.3, 0.4) is 0 Å². The normalized spacial score (nSPS) is 8.80. The highest BCUT2D eigenvalue weighted by Crippen LogP contribution is 2.13. The minimum absolute atomic E-state index is 0.0199. The maximum absolute atomic E-state index is 10.7. The van der Waals surface area contributed by atoms with Crippen molar-refractivity contribution in [2.24, 2.45) is 0 Å². The van der Waals surface area contributed by atoms with Gasteiger partial charge in [0.15, 0.2) is 5.78 Å². The fourth-order valence-electron chi connectivity index (χ4n) is 0.579. The van der Waals surface area contributed by atoms with Gasteiger partial charge in [-0.1, -0.05) is 0 Å². The molecule has 2 nitrogen and oxygen atoms in total. The van der Waals surface area contributed by atoms with Gasteiger partial charge in [-0.3, -0.25) is 4.79 Å². The summed E-state index contributed by atoms with van der Waals surface area (Å²) in [6, 6.07) is 3.56. The van der Waals surface area contributed by atoms with Gasteiger partial charge in [-0.15, -0.1) is 11.3 Å². The number of carbonyl (C=O) groups excluding carboxylic acids is 1. The zero-order chi connectivity index (χ0) is 7.56. The first-order valence-electron chi connectivity index (χ1n) is 2.73. The van der Waals surface area contributed by atoms with E-state index in [0.29, 0.717) is 10.4 Å². The first-order chi connectivity index (χ1) is 4.74. The maximum atomic E-state index is 10.7. The van der Waals surface area contributed by atoms with E-state index in [1.54, 1.807) is 11.4 Å². The van der Waals surface area contributed by atoms with Crippen LogP contribution in [0.15, 0.2) is 11.4 Å². The highest BCUT2D eigenvalue weighted by atomic mass is 32.1. The largest absolute Gasteiger partial charge is 0.294 e. The number of rotatable bonds is 1. The van der Waals surface area contributed by atoms with Crippen molar-refractivity contribution in [2.75, 3.05) is 0 Å². The van der Waals surface area contributed by atoms with Gasteiger partial charge in [0.05, 0.1) is 10.4 Å². The molecule has 0 amide bonds. The molecule has 10 heavy (non-hydrogen) atoms. The smallest absolute Gasteiger partial charge is 0.169 e. The number of carbonyl (C=O) groups is 1. The lowest BCUT2D eigenvalue weighted by Crippen LogP contribution is -1.83. The average molecular weight is 151 g/mol. The molecule has 1 rings (SSSR count). The van der Waals surface area contributed by atoms with Crippen molar-refractivity contribution < 1.29 is 4.79 Å². The van der Waals surface area contributed by atoms with E-state index in [9.17, 15) is 4.79 Å². The molecule has 0 spiro atoms. The number of Topliss-reactive ketones (excluding diaryl/α,β-unsaturated/α-hetero) is 1. The molecule has 0 atom stereocenters. The first-order valence-corrected chi connectivity index (χ1v) is 3.61. The van der Waals surface area contributed by atoms with Crippen LogP contribution in [0.5, 0.6) is 0 Å². The molecule has 0 saturated heterocycles. The number of nitriles is 1. The second-order valence-electron chi connectivity index (χ2n) is 1.87. The van der Waals surface area contributed by atoms with Crippen LogP contribution in [0.1, 0.15) is 22.2 Å². The van der Waals surface area contributed by atoms with Crippen LogP contribution in [0.25, 0.3) is 0 Å². The van der Waals surface area contributed by atoms with Gasteiger partial charge in [-0.05, 0) is 13.0 Å². The summed E-state index contributed by atoms with van der Waals surface area (Å²) in [6.45, 7) is 1.49. The van der Waals surface area contributed by atoms with Gasteiger partial charge in [-0.25, -0.2) is 0 Å². The van der Waals surface area contributed by atoms with Crippen LogP contribution < -0.4 is 0 Å². The van der Waals surface area contributed by atoms with Gasteiger partial charge < -0.3 is 0 Å². The van der Waals surface area contributed by atoms with E-state index in [4.69, 9.17) is 5.26 Å². The molecular weight excluding hydrogens is 146 g/mol. The molecule has 0 aliphatic heterocycles. The molecule has 1 aromatic rings. The Bertz CT molecular complexity index is 295. The molecule has 0 fully saturated rings. The Balaban J connectivity index is 3.02. The summed E-state index contributed by atoms with van der Waals surface area (Å²) in [5, 5.41) is 10.1. The van der Waals surface area contributed by atoms with Crippen LogP contribution >= 0.6 is 11.3 Å². The van der Waals surface area contributed by atoms with Crippen molar-refractivity contribution in [1.82, 2.24) is 0 Å². The Labute approximate surface area is 62.7 Å². The zero-order valence-electron chi connectivity index (χ0n) is 5.42. The van der Waals surface area contributed by atoms with Crippen LogP contribution in [-0.4, -0.2) is 5.78 Å². The van der Waals surface area contributed by atoms with E-state index >= 15 is 0 Å². The summed E-state index contributed by atoms with van der Waals surface area (Å²) in [7, 11) is 0. The molecule has 3 heteroatoms. The van der Waals surface area contributed by atoms with Gasteiger partial charge >= 0.3 is 0 Å². The van der Waals surface area contributed by atoms with Crippen LogP contribution in [-0.2, 0) is 0 Å². The fourth-order valence-corrected chi connectivity index (χ4v) is 1.32. The predicted molar refractivity (Wildman–Crippen MR) is 39.0 cm³/mol. The quantitative estimate of drug-likeness (QED) is 0.574. The van der Waals surface area contributed by atoms with Crippen molar-refractivity contribution in [3.63, 3.8) is 0 Å². The highest BCUT2D eigenvalue weighted by molar-refractivity contribution is 7.12. The zero-order valence-corrected chi connectivity index (χ0v) is 6.23. The minimum atomic E-state index is 0.0199. The second kappa shape index (κ2) is 2.63. The Hall–Kier alpha value is -1.14. The summed E-state index contributed by atoms with van der Waals surface area (Å²) < 4.78 is 0. The Morgan fingerprint density at radius 3 is 2.80 bits per heavy atom. The molecule has 0 radical (unpaired) electrons. The second-order valence-corrected chi connectivity index (χ2v) is 2.78. The van der Waals surface area contributed by atoms with E-state index in [-0.39, 0.29) is 5.78 Å². The van der Waals surface area contributed by atoms with Gasteiger partial charge in [-0.2, -0.15) is 5.26 Å². The monoisotopic (exact) mass is 151 g/mol. The van der Waals surface area contributed by atoms with Crippen LogP contribution in [0.2, 0.25) is 0 Å². The molecule has 50 valence electrons. The lowest BCUT2D eigenvalue weighted by Gasteiger charge is -1.80. The van der Waals surface area contributed by atoms with Crippen molar-refractivity contribution in [3.05, 3.63) is 21.9 Å². The van der Waals surface area contributed by atoms with Crippen molar-refractivity contribution in [2.45, 2.75) is 6.92 Å². The topological polar surface area (TPSA) is 40.9 Å². The van der Waals surface area contributed by atoms with Gasteiger partial charge in [0.25, 0.3) is 0 Å². The molecule has 0 unspecified atom stereocenters. The SMILES string of the molecule is CC(=O)c1cc(C#N)cs1. The molecule has 0 aliphatic carbocycles. The van der Waals surface area contributed by atoms with Gasteiger partial charge in [0.1, 0.15) is 6.07 Å². The van der Waals surface area contributed by atoms with E-state index < -0.39 is 0 Å². The Morgan fingerprint density at radius 2 is 2.50 bits per heavy atom. The van der Waals surface area contributed by atoms with E-state index in [2.05, 4.69) is 0 Å². The predicted octanol–water partition coefficient (Wildman–Crippen LogP) is 1.82. The maximum Gasteiger partial charge on any atom is 0.169 e. The van der Waals surface area contributed by atoms with Gasteiger partial charge in [0.2, 0.25) is 0 Å². The lowest BCUT2D eigenvalue weighted by molar-refractivity contribution is 0.102. The number of hydrogen-bond acceptors (Lipinski definition) is 3. The number of thiophene rings is 1. The highest BCUT2D eigenvalue weighted by Gasteiger charge is 2.01. The third kappa shape index (κ3) is 1.23. The van der Waals surface area contributed by atoms with Gasteiger partial charge in [0, 0.05) is 5.38 Å². The molecule has 0 aliphatic rings. The Kier molecular flexibility index (Phi) is 1.83. The summed E-state index contributed by atoms with van der Waals surface area (Å²) in [6.07, 6.45) is 0. The third-order valence-electron chi connectivity index (χ3n) is 1.08. The third-order valence-corrected chi connectivity index (χ3v) is 2.11. The molecular formula is C7H5NOS. The van der Waals surface area contributed by atoms with E-state index in [1.165, 1.54) is 18.3 Å². The molecule has 0 N–H and O–H groups in total. The average Bonchev–Trinajstić information content (AvgIpc) is 2.34. The Morgan fingerprint density at radius 1 is 1.80 bits per heavy atom. The molecule has 1 aromatic heterocycles. The van der Waals surface area contributed by atoms with Crippen LogP contribution in [0.4, 0.5) is 0 Å². The van der Waals surface area contributed by atoms with Crippen molar-refractivity contribution >= 4 is 17.1 Å². The van der Waals surface area contributed by atoms with Crippen LogP contribution in [0, 0.1) is 11.3 Å². The summed E-state index contributed by atoms with van der Waals surface area (Å²) in [5.41, 5.74) is 0.565. The van der Waals surface area contributed by atoms with E-state index in [1.807, 2.05) is 6.07 Å². The minimum Gasteiger partial charge on any atom is -0.294 e. The standard InChI is InChI=1S/C7H5NOS/c1-5(9)7-2-6(3-8)4-10-7/h2,4H,1H3. The fraction of sp³-hybridized carbons (Fsp3) is 0.143. The first kappa shape index (κ1) is 6.97. The number of ketones is 1. The summed E-state index contributed by atoms with van der Waals surface area (Å²) >= 11 is 1.31. The van der Waals surface area contributed by atoms with Crippen molar-refractivity contribution in [1.29, 1.82) is 5.26 Å². The lowest BCUT2D eigenvalue weighted by atomic mass is 10.3. The molecule has 0 bridgehead atoms. The van der Waals surface area contributed by atoms with E-state index in [0.717, 1.165) is 0 Å². The summed E-state index contributed by atoms with van der Waals surface area (Å²) in [5.74, 6) is 0.0199. The number of hydrogen-bond donors (Lipinski definition) is 0. The number of nitrogens with zero attached hydrogens (tertiary/aromatic N) is 1. The molecule has 1 heterocycles.